The Balaban J connectivity index is 2.03. The number of nitrogens with one attached hydrogen (secondary N) is 1. The van der Waals surface area contributed by atoms with Gasteiger partial charge < -0.3 is 5.32 Å². The molecule has 1 heterocycles. The van der Waals surface area contributed by atoms with Crippen LogP contribution in [0.4, 0.5) is 0 Å². The Labute approximate surface area is 90.7 Å². The molecule has 1 aromatic rings. The predicted octanol–water partition coefficient (Wildman–Crippen LogP) is 1.63. The van der Waals surface area contributed by atoms with Gasteiger partial charge in [0, 0.05) is 25.4 Å². The molecule has 1 aliphatic rings. The lowest BCUT2D eigenvalue weighted by Gasteiger charge is -2.25. The van der Waals surface area contributed by atoms with Crippen molar-refractivity contribution in [3.63, 3.8) is 0 Å². The molecule has 2 rings (SSSR count). The number of ketones is 1. The summed E-state index contributed by atoms with van der Waals surface area (Å²) in [7, 11) is 0. The molecule has 0 radical (unpaired) electrons. The van der Waals surface area contributed by atoms with Crippen LogP contribution in [0.2, 0.25) is 0 Å². The molecule has 1 aliphatic heterocycles. The largest absolute Gasteiger partial charge is 0.315 e. The highest BCUT2D eigenvalue weighted by Gasteiger charge is 2.24. The Kier molecular flexibility index (Phi) is 2.87. The predicted molar refractivity (Wildman–Crippen MR) is 61.0 cm³/mol. The summed E-state index contributed by atoms with van der Waals surface area (Å²) >= 11 is 0. The average molecular weight is 203 g/mol. The molecule has 0 spiro atoms. The number of carbonyl (C=O) groups is 1. The number of hydrogen-bond acceptors (Lipinski definition) is 2. The van der Waals surface area contributed by atoms with Gasteiger partial charge in [-0.15, -0.1) is 0 Å². The van der Waals surface area contributed by atoms with Gasteiger partial charge >= 0.3 is 0 Å². The quantitative estimate of drug-likeness (QED) is 0.809. The van der Waals surface area contributed by atoms with Crippen LogP contribution in [0.15, 0.2) is 18.2 Å². The van der Waals surface area contributed by atoms with Crippen molar-refractivity contribution in [3.05, 3.63) is 34.9 Å². The maximum atomic E-state index is 11.8. The number of carbonyl (C=O) groups excluding carboxylic acids is 1. The standard InChI is InChI=1S/C13H17NO/c1-9-3-4-11(5-10(9)2)6-13(15)12-7-14-8-12/h3-5,12,14H,6-8H2,1-2H3. The fraction of sp³-hybridized carbons (Fsp3) is 0.462. The molecule has 1 fully saturated rings. The summed E-state index contributed by atoms with van der Waals surface area (Å²) in [6.07, 6.45) is 0.591. The highest BCUT2D eigenvalue weighted by Crippen LogP contribution is 2.13. The van der Waals surface area contributed by atoms with Crippen molar-refractivity contribution in [3.8, 4) is 0 Å². The van der Waals surface area contributed by atoms with Gasteiger partial charge in [0.1, 0.15) is 5.78 Å². The summed E-state index contributed by atoms with van der Waals surface area (Å²) in [4.78, 5) is 11.8. The average Bonchev–Trinajstić information content (AvgIpc) is 2.08. The third-order valence-electron chi connectivity index (χ3n) is 3.19. The molecule has 2 nitrogen and oxygen atoms in total. The van der Waals surface area contributed by atoms with Crippen molar-refractivity contribution in [1.29, 1.82) is 0 Å². The van der Waals surface area contributed by atoms with E-state index in [0.29, 0.717) is 12.2 Å². The molecular weight excluding hydrogens is 186 g/mol. The smallest absolute Gasteiger partial charge is 0.142 e. The summed E-state index contributed by atoms with van der Waals surface area (Å²) in [6.45, 7) is 5.92. The van der Waals surface area contributed by atoms with Crippen molar-refractivity contribution < 1.29 is 4.79 Å². The maximum Gasteiger partial charge on any atom is 0.142 e. The summed E-state index contributed by atoms with van der Waals surface area (Å²) in [5, 5.41) is 3.13. The summed E-state index contributed by atoms with van der Waals surface area (Å²) < 4.78 is 0. The molecular formula is C13H17NO. The number of rotatable bonds is 3. The summed E-state index contributed by atoms with van der Waals surface area (Å²) in [5.41, 5.74) is 3.71. The molecule has 0 aliphatic carbocycles. The van der Waals surface area contributed by atoms with E-state index in [1.165, 1.54) is 11.1 Å². The lowest BCUT2D eigenvalue weighted by Crippen LogP contribution is -2.47. The molecule has 15 heavy (non-hydrogen) atoms. The molecule has 1 saturated heterocycles. The van der Waals surface area contributed by atoms with Gasteiger partial charge in [0.2, 0.25) is 0 Å². The number of hydrogen-bond donors (Lipinski definition) is 1. The zero-order valence-corrected chi connectivity index (χ0v) is 9.34. The van der Waals surface area contributed by atoms with E-state index in [1.54, 1.807) is 0 Å². The monoisotopic (exact) mass is 203 g/mol. The van der Waals surface area contributed by atoms with Crippen molar-refractivity contribution in [1.82, 2.24) is 5.32 Å². The van der Waals surface area contributed by atoms with Crippen molar-refractivity contribution in [2.75, 3.05) is 13.1 Å². The summed E-state index contributed by atoms with van der Waals surface area (Å²) in [5.74, 6) is 0.628. The molecule has 0 unspecified atom stereocenters. The van der Waals surface area contributed by atoms with E-state index in [0.717, 1.165) is 18.7 Å². The van der Waals surface area contributed by atoms with Crippen LogP contribution in [0.5, 0.6) is 0 Å². The van der Waals surface area contributed by atoms with E-state index in [-0.39, 0.29) is 5.92 Å². The Morgan fingerprint density at radius 3 is 2.60 bits per heavy atom. The van der Waals surface area contributed by atoms with Crippen LogP contribution < -0.4 is 5.32 Å². The van der Waals surface area contributed by atoms with Crippen LogP contribution in [0.1, 0.15) is 16.7 Å². The summed E-state index contributed by atoms with van der Waals surface area (Å²) in [6, 6.07) is 6.28. The maximum absolute atomic E-state index is 11.8. The van der Waals surface area contributed by atoms with Crippen LogP contribution in [0.25, 0.3) is 0 Å². The van der Waals surface area contributed by atoms with Crippen LogP contribution in [0, 0.1) is 19.8 Å². The lowest BCUT2D eigenvalue weighted by atomic mass is 9.92. The molecule has 0 amide bonds. The Hall–Kier alpha value is -1.15. The normalized spacial score (nSPS) is 16.1. The van der Waals surface area contributed by atoms with Crippen LogP contribution in [-0.4, -0.2) is 18.9 Å². The Bertz CT molecular complexity index is 380. The third kappa shape index (κ3) is 2.26. The van der Waals surface area contributed by atoms with E-state index in [2.05, 4.69) is 37.4 Å². The van der Waals surface area contributed by atoms with E-state index in [4.69, 9.17) is 0 Å². The van der Waals surface area contributed by atoms with Crippen molar-refractivity contribution >= 4 is 5.78 Å². The second-order valence-electron chi connectivity index (χ2n) is 4.42. The van der Waals surface area contributed by atoms with Gasteiger partial charge in [0.25, 0.3) is 0 Å². The molecule has 80 valence electrons. The second kappa shape index (κ2) is 4.15. The van der Waals surface area contributed by atoms with Gasteiger partial charge in [-0.25, -0.2) is 0 Å². The van der Waals surface area contributed by atoms with Gasteiger partial charge in [-0.05, 0) is 30.5 Å². The first kappa shape index (κ1) is 10.4. The lowest BCUT2D eigenvalue weighted by molar-refractivity contribution is -0.123. The topological polar surface area (TPSA) is 29.1 Å². The van der Waals surface area contributed by atoms with Gasteiger partial charge in [0.05, 0.1) is 0 Å². The van der Waals surface area contributed by atoms with Gasteiger partial charge in [-0.2, -0.15) is 0 Å². The fourth-order valence-corrected chi connectivity index (χ4v) is 1.78. The van der Waals surface area contributed by atoms with Crippen LogP contribution >= 0.6 is 0 Å². The molecule has 1 aromatic carbocycles. The molecule has 0 aromatic heterocycles. The highest BCUT2D eigenvalue weighted by molar-refractivity contribution is 5.84. The van der Waals surface area contributed by atoms with E-state index in [1.807, 2.05) is 0 Å². The van der Waals surface area contributed by atoms with Gasteiger partial charge in [-0.1, -0.05) is 18.2 Å². The van der Waals surface area contributed by atoms with E-state index < -0.39 is 0 Å². The minimum absolute atomic E-state index is 0.256. The minimum Gasteiger partial charge on any atom is -0.315 e. The van der Waals surface area contributed by atoms with E-state index >= 15 is 0 Å². The van der Waals surface area contributed by atoms with E-state index in [9.17, 15) is 4.79 Å². The number of aryl methyl sites for hydroxylation is 2. The van der Waals surface area contributed by atoms with Crippen LogP contribution in [-0.2, 0) is 11.2 Å². The molecule has 2 heteroatoms. The highest BCUT2D eigenvalue weighted by atomic mass is 16.1. The molecule has 0 bridgehead atoms. The number of benzene rings is 1. The first-order valence-corrected chi connectivity index (χ1v) is 5.46. The zero-order valence-electron chi connectivity index (χ0n) is 9.34. The van der Waals surface area contributed by atoms with Gasteiger partial charge in [0.15, 0.2) is 0 Å². The number of Topliss-reactive ketones (excluding diaryl/α,β-unsaturated/α-hetero) is 1. The first-order valence-electron chi connectivity index (χ1n) is 5.46. The fourth-order valence-electron chi connectivity index (χ4n) is 1.78. The second-order valence-corrected chi connectivity index (χ2v) is 4.42. The molecule has 0 saturated carbocycles. The minimum atomic E-state index is 0.256. The van der Waals surface area contributed by atoms with Gasteiger partial charge in [-0.3, -0.25) is 4.79 Å². The SMILES string of the molecule is Cc1ccc(CC(=O)C2CNC2)cc1C. The first-order chi connectivity index (χ1) is 7.16. The van der Waals surface area contributed by atoms with Crippen molar-refractivity contribution in [2.45, 2.75) is 20.3 Å². The van der Waals surface area contributed by atoms with Crippen LogP contribution in [0.3, 0.4) is 0 Å². The molecule has 1 N–H and O–H groups in total. The molecule has 0 atom stereocenters. The van der Waals surface area contributed by atoms with Crippen molar-refractivity contribution in [2.24, 2.45) is 5.92 Å². The Morgan fingerprint density at radius 1 is 1.33 bits per heavy atom. The Morgan fingerprint density at radius 2 is 2.07 bits per heavy atom. The third-order valence-corrected chi connectivity index (χ3v) is 3.19. The zero-order chi connectivity index (χ0) is 10.8.